The van der Waals surface area contributed by atoms with Crippen LogP contribution < -0.4 is 15.0 Å². The summed E-state index contributed by atoms with van der Waals surface area (Å²) < 4.78 is 5.30. The van der Waals surface area contributed by atoms with E-state index in [0.29, 0.717) is 5.13 Å². The predicted octanol–water partition coefficient (Wildman–Crippen LogP) is 2.84. The van der Waals surface area contributed by atoms with Gasteiger partial charge in [-0.1, -0.05) is 12.1 Å². The lowest BCUT2D eigenvalue weighted by Crippen LogP contribution is -2.30. The number of likely N-dealkylation sites (N-methyl/N-ethyl adjacent to an activating group) is 1. The number of aryl methyl sites for hydroxylation is 2. The number of rotatable bonds is 5. The molecular formula is C15H19N3O2S. The molecule has 1 aromatic carbocycles. The highest BCUT2D eigenvalue weighted by Crippen LogP contribution is 2.26. The van der Waals surface area contributed by atoms with Gasteiger partial charge < -0.3 is 15.0 Å². The number of nitrogens with zero attached hydrogens (tertiary/aromatic N) is 2. The molecule has 112 valence electrons. The van der Waals surface area contributed by atoms with E-state index in [2.05, 4.69) is 10.3 Å². The molecule has 5 nitrogen and oxygen atoms in total. The number of methoxy groups -OCH3 is 1. The Balaban J connectivity index is 2.02. The van der Waals surface area contributed by atoms with Gasteiger partial charge in [0, 0.05) is 11.9 Å². The fraction of sp³-hybridized carbons (Fsp3) is 0.333. The molecule has 0 radical (unpaired) electrons. The van der Waals surface area contributed by atoms with E-state index < -0.39 is 0 Å². The molecular weight excluding hydrogens is 286 g/mol. The van der Waals surface area contributed by atoms with Gasteiger partial charge in [-0.2, -0.15) is 0 Å². The van der Waals surface area contributed by atoms with Crippen molar-refractivity contribution in [2.24, 2.45) is 0 Å². The summed E-state index contributed by atoms with van der Waals surface area (Å²) in [6.07, 6.45) is 0. The topological polar surface area (TPSA) is 54.5 Å². The molecule has 21 heavy (non-hydrogen) atoms. The highest BCUT2D eigenvalue weighted by Gasteiger charge is 2.13. The Morgan fingerprint density at radius 2 is 2.10 bits per heavy atom. The van der Waals surface area contributed by atoms with E-state index in [4.69, 9.17) is 4.74 Å². The van der Waals surface area contributed by atoms with Crippen LogP contribution in [0.15, 0.2) is 24.3 Å². The van der Waals surface area contributed by atoms with E-state index in [-0.39, 0.29) is 12.5 Å². The van der Waals surface area contributed by atoms with Crippen molar-refractivity contribution < 1.29 is 9.53 Å². The van der Waals surface area contributed by atoms with Crippen molar-refractivity contribution in [3.8, 4) is 5.75 Å². The lowest BCUT2D eigenvalue weighted by Gasteiger charge is -2.20. The number of hydrogen-bond acceptors (Lipinski definition) is 5. The van der Waals surface area contributed by atoms with Gasteiger partial charge in [0.2, 0.25) is 5.91 Å². The molecule has 1 heterocycles. The Hall–Kier alpha value is -2.08. The molecule has 2 aromatic rings. The zero-order chi connectivity index (χ0) is 15.4. The van der Waals surface area contributed by atoms with E-state index >= 15 is 0 Å². The number of carbonyl (C=O) groups excluding carboxylic acids is 1. The number of carbonyl (C=O) groups is 1. The van der Waals surface area contributed by atoms with Crippen molar-refractivity contribution >= 4 is 28.1 Å². The molecule has 2 rings (SSSR count). The molecule has 0 atom stereocenters. The van der Waals surface area contributed by atoms with E-state index in [9.17, 15) is 4.79 Å². The van der Waals surface area contributed by atoms with Crippen LogP contribution in [0.2, 0.25) is 0 Å². The van der Waals surface area contributed by atoms with Crippen LogP contribution in [-0.2, 0) is 4.79 Å². The molecule has 0 unspecified atom stereocenters. The van der Waals surface area contributed by atoms with Crippen LogP contribution in [0.5, 0.6) is 5.75 Å². The molecule has 1 aromatic heterocycles. The largest absolute Gasteiger partial charge is 0.495 e. The Bertz CT molecular complexity index is 620. The summed E-state index contributed by atoms with van der Waals surface area (Å²) in [5.74, 6) is 0.644. The van der Waals surface area contributed by atoms with Crippen molar-refractivity contribution in [2.75, 3.05) is 30.9 Å². The molecule has 1 N–H and O–H groups in total. The maximum atomic E-state index is 12.1. The Morgan fingerprint density at radius 3 is 2.71 bits per heavy atom. The van der Waals surface area contributed by atoms with Crippen LogP contribution in [0.25, 0.3) is 0 Å². The van der Waals surface area contributed by atoms with Crippen molar-refractivity contribution in [3.05, 3.63) is 34.8 Å². The highest BCUT2D eigenvalue weighted by molar-refractivity contribution is 7.15. The maximum absolute atomic E-state index is 12.1. The maximum Gasteiger partial charge on any atom is 0.245 e. The third-order valence-electron chi connectivity index (χ3n) is 3.15. The first-order chi connectivity index (χ1) is 10.0. The lowest BCUT2D eigenvalue weighted by atomic mass is 10.2. The molecule has 0 saturated carbocycles. The highest BCUT2D eigenvalue weighted by atomic mass is 32.1. The second-order valence-electron chi connectivity index (χ2n) is 4.74. The normalized spacial score (nSPS) is 10.3. The SMILES string of the molecule is COc1ccccc1N(C)CC(=O)Nc1nc(C)c(C)s1. The van der Waals surface area contributed by atoms with Gasteiger partial charge in [0.15, 0.2) is 5.13 Å². The molecule has 0 saturated heterocycles. The summed E-state index contributed by atoms with van der Waals surface area (Å²) in [7, 11) is 3.48. The Kier molecular flexibility index (Phi) is 4.80. The quantitative estimate of drug-likeness (QED) is 0.923. The lowest BCUT2D eigenvalue weighted by molar-refractivity contribution is -0.114. The summed E-state index contributed by atoms with van der Waals surface area (Å²) in [5.41, 5.74) is 1.83. The van der Waals surface area contributed by atoms with Crippen molar-refractivity contribution in [1.29, 1.82) is 0 Å². The van der Waals surface area contributed by atoms with E-state index in [0.717, 1.165) is 22.0 Å². The number of benzene rings is 1. The van der Waals surface area contributed by atoms with Gasteiger partial charge in [-0.05, 0) is 26.0 Å². The number of para-hydroxylation sites is 2. The van der Waals surface area contributed by atoms with Crippen LogP contribution >= 0.6 is 11.3 Å². The minimum atomic E-state index is -0.0999. The molecule has 0 aliphatic carbocycles. The minimum Gasteiger partial charge on any atom is -0.495 e. The molecule has 0 bridgehead atoms. The van der Waals surface area contributed by atoms with E-state index in [1.165, 1.54) is 11.3 Å². The first-order valence-electron chi connectivity index (χ1n) is 6.59. The fourth-order valence-electron chi connectivity index (χ4n) is 1.93. The molecule has 1 amide bonds. The number of aromatic nitrogens is 1. The standard InChI is InChI=1S/C15H19N3O2S/c1-10-11(2)21-15(16-10)17-14(19)9-18(3)12-7-5-6-8-13(12)20-4/h5-8H,9H2,1-4H3,(H,16,17,19). The van der Waals surface area contributed by atoms with Crippen LogP contribution in [0.3, 0.4) is 0 Å². The second kappa shape index (κ2) is 6.58. The predicted molar refractivity (Wildman–Crippen MR) is 86.5 cm³/mol. The Labute approximate surface area is 128 Å². The third-order valence-corrected chi connectivity index (χ3v) is 4.14. The first kappa shape index (κ1) is 15.3. The smallest absolute Gasteiger partial charge is 0.245 e. The first-order valence-corrected chi connectivity index (χ1v) is 7.41. The van der Waals surface area contributed by atoms with Gasteiger partial charge in [-0.25, -0.2) is 4.98 Å². The van der Waals surface area contributed by atoms with E-state index in [1.807, 2.05) is 50.1 Å². The van der Waals surface area contributed by atoms with Gasteiger partial charge in [0.25, 0.3) is 0 Å². The van der Waals surface area contributed by atoms with Crippen molar-refractivity contribution in [1.82, 2.24) is 4.98 Å². The Morgan fingerprint density at radius 1 is 1.38 bits per heavy atom. The number of thiazole rings is 1. The van der Waals surface area contributed by atoms with Crippen LogP contribution in [0.1, 0.15) is 10.6 Å². The van der Waals surface area contributed by atoms with Gasteiger partial charge >= 0.3 is 0 Å². The van der Waals surface area contributed by atoms with Gasteiger partial charge in [-0.3, -0.25) is 4.79 Å². The molecule has 0 spiro atoms. The zero-order valence-corrected chi connectivity index (χ0v) is 13.5. The van der Waals surface area contributed by atoms with Crippen molar-refractivity contribution in [2.45, 2.75) is 13.8 Å². The summed E-state index contributed by atoms with van der Waals surface area (Å²) in [6.45, 7) is 4.16. The zero-order valence-electron chi connectivity index (χ0n) is 12.6. The summed E-state index contributed by atoms with van der Waals surface area (Å²) in [6, 6.07) is 7.61. The van der Waals surface area contributed by atoms with Gasteiger partial charge in [-0.15, -0.1) is 11.3 Å². The van der Waals surface area contributed by atoms with Gasteiger partial charge in [0.1, 0.15) is 5.75 Å². The average Bonchev–Trinajstić information content (AvgIpc) is 2.76. The van der Waals surface area contributed by atoms with Crippen LogP contribution in [-0.4, -0.2) is 31.6 Å². The van der Waals surface area contributed by atoms with Gasteiger partial charge in [0.05, 0.1) is 25.0 Å². The number of hydrogen-bond donors (Lipinski definition) is 1. The number of ether oxygens (including phenoxy) is 1. The second-order valence-corrected chi connectivity index (χ2v) is 5.94. The number of nitrogens with one attached hydrogen (secondary N) is 1. The summed E-state index contributed by atoms with van der Waals surface area (Å²) in [4.78, 5) is 19.4. The van der Waals surface area contributed by atoms with Crippen LogP contribution in [0, 0.1) is 13.8 Å². The molecule has 0 aliphatic rings. The summed E-state index contributed by atoms with van der Waals surface area (Å²) >= 11 is 1.49. The average molecular weight is 305 g/mol. The number of amides is 1. The fourth-order valence-corrected chi connectivity index (χ4v) is 2.76. The number of anilines is 2. The minimum absolute atomic E-state index is 0.0999. The molecule has 6 heteroatoms. The monoisotopic (exact) mass is 305 g/mol. The molecule has 0 fully saturated rings. The van der Waals surface area contributed by atoms with E-state index in [1.54, 1.807) is 7.11 Å². The summed E-state index contributed by atoms with van der Waals surface area (Å²) in [5, 5.41) is 3.47. The molecule has 0 aliphatic heterocycles. The van der Waals surface area contributed by atoms with Crippen molar-refractivity contribution in [3.63, 3.8) is 0 Å². The third kappa shape index (κ3) is 3.72. The van der Waals surface area contributed by atoms with Crippen LogP contribution in [0.4, 0.5) is 10.8 Å².